The maximum Gasteiger partial charge on any atom is 2.00 e. The first-order chi connectivity index (χ1) is 19.8. The Morgan fingerprint density at radius 3 is 0.780 bits per heavy atom. The van der Waals surface area contributed by atoms with Crippen molar-refractivity contribution in [1.82, 2.24) is 19.9 Å². The van der Waals surface area contributed by atoms with Gasteiger partial charge in [-0.05, 0) is 21.5 Å². The Bertz CT molecular complexity index is 1780. The Balaban J connectivity index is 0.00000256. The van der Waals surface area contributed by atoms with E-state index in [4.69, 9.17) is 9.97 Å². The van der Waals surface area contributed by atoms with Crippen LogP contribution in [0.1, 0.15) is 0 Å². The monoisotopic (exact) mass is 582 g/mol. The summed E-state index contributed by atoms with van der Waals surface area (Å²) in [7, 11) is 0. The molecule has 1 aliphatic heterocycles. The van der Waals surface area contributed by atoms with Gasteiger partial charge in [-0.2, -0.15) is 0 Å². The van der Waals surface area contributed by atoms with Gasteiger partial charge in [-0.15, -0.1) is 0 Å². The topological polar surface area (TPSA) is 108 Å². The van der Waals surface area contributed by atoms with Crippen LogP contribution in [0.4, 0.5) is 46.5 Å². The molecule has 4 aromatic carbocycles. The summed E-state index contributed by atoms with van der Waals surface area (Å²) in [5, 5.41) is 22.8. The zero-order chi connectivity index (χ0) is 26.2. The van der Waals surface area contributed by atoms with Crippen LogP contribution >= 0.6 is 0 Å². The number of rotatable bonds is 0. The van der Waals surface area contributed by atoms with Gasteiger partial charge >= 0.3 is 19.5 Å². The number of nitrogens with zero attached hydrogens (tertiary/aromatic N) is 2. The molecule has 0 aliphatic carbocycles. The van der Waals surface area contributed by atoms with Crippen LogP contribution in [0, 0.1) is 0 Å². The summed E-state index contributed by atoms with van der Waals surface area (Å²) in [5.41, 5.74) is 0. The normalized spacial score (nSPS) is 12.5. The summed E-state index contributed by atoms with van der Waals surface area (Å²) < 4.78 is 0. The molecule has 9 heteroatoms. The molecule has 192 valence electrons. The first-order valence-corrected chi connectivity index (χ1v) is 13.2. The predicted octanol–water partition coefficient (Wildman–Crippen LogP) is 8.16. The molecule has 41 heavy (non-hydrogen) atoms. The third-order valence-corrected chi connectivity index (χ3v) is 7.73. The van der Waals surface area contributed by atoms with Gasteiger partial charge in [-0.3, -0.25) is 0 Å². The summed E-state index contributed by atoms with van der Waals surface area (Å²) in [6, 6.07) is 33.1. The number of hydrogen-bond acceptors (Lipinski definition) is 4. The number of fused-ring (bicyclic) bond motifs is 20. The third-order valence-electron chi connectivity index (χ3n) is 7.73. The predicted molar refractivity (Wildman–Crippen MR) is 164 cm³/mol. The van der Waals surface area contributed by atoms with Crippen molar-refractivity contribution < 1.29 is 19.5 Å². The fourth-order valence-corrected chi connectivity index (χ4v) is 5.86. The van der Waals surface area contributed by atoms with Gasteiger partial charge < -0.3 is 41.2 Å². The van der Waals surface area contributed by atoms with E-state index in [-0.39, 0.29) is 19.5 Å². The van der Waals surface area contributed by atoms with Crippen molar-refractivity contribution >= 4 is 89.6 Å². The Morgan fingerprint density at radius 1 is 0.317 bits per heavy atom. The third kappa shape index (κ3) is 3.56. The average molecular weight is 584 g/mol. The molecular weight excluding hydrogens is 562 g/mol. The van der Waals surface area contributed by atoms with Crippen LogP contribution in [0.2, 0.25) is 0 Å². The minimum atomic E-state index is 0. The molecule has 0 atom stereocenters. The van der Waals surface area contributed by atoms with E-state index >= 15 is 0 Å². The first-order valence-electron chi connectivity index (χ1n) is 13.2. The van der Waals surface area contributed by atoms with Crippen molar-refractivity contribution in [3.05, 3.63) is 97.1 Å². The van der Waals surface area contributed by atoms with Crippen LogP contribution in [0.25, 0.3) is 43.1 Å². The van der Waals surface area contributed by atoms with E-state index in [0.717, 1.165) is 89.6 Å². The zero-order valence-corrected chi connectivity index (χ0v) is 24.8. The number of aromatic nitrogens is 4. The molecule has 0 amide bonds. The van der Waals surface area contributed by atoms with Crippen LogP contribution in [0.3, 0.4) is 0 Å². The van der Waals surface area contributed by atoms with Gasteiger partial charge in [-0.25, -0.2) is 0 Å². The summed E-state index contributed by atoms with van der Waals surface area (Å²) in [6.45, 7) is 0. The fourth-order valence-electron chi connectivity index (χ4n) is 5.86. The first kappa shape index (κ1) is 23.7. The van der Waals surface area contributed by atoms with Gasteiger partial charge in [0.15, 0.2) is 0 Å². The van der Waals surface area contributed by atoms with E-state index in [2.05, 4.69) is 79.8 Å². The van der Waals surface area contributed by atoms with Gasteiger partial charge in [-0.1, -0.05) is 97.1 Å². The van der Waals surface area contributed by atoms with Crippen molar-refractivity contribution in [2.24, 2.45) is 0 Å². The quantitative estimate of drug-likeness (QED) is 0.101. The van der Waals surface area contributed by atoms with Crippen molar-refractivity contribution in [3.8, 4) is 0 Å². The molecule has 4 aromatic heterocycles. The van der Waals surface area contributed by atoms with E-state index in [0.29, 0.717) is 0 Å². The fraction of sp³-hybridized carbons (Fsp3) is 0. The second-order valence-electron chi connectivity index (χ2n) is 10.1. The van der Waals surface area contributed by atoms with Crippen LogP contribution in [-0.4, -0.2) is 9.97 Å². The largest absolute Gasteiger partial charge is 2.00 e. The molecule has 0 fully saturated rings. The van der Waals surface area contributed by atoms with Crippen LogP contribution in [-0.2, 0) is 19.5 Å². The minimum absolute atomic E-state index is 0. The molecule has 8 nitrogen and oxygen atoms in total. The van der Waals surface area contributed by atoms with E-state index in [1.54, 1.807) is 0 Å². The van der Waals surface area contributed by atoms with E-state index < -0.39 is 0 Å². The molecule has 0 saturated heterocycles. The number of anilines is 8. The van der Waals surface area contributed by atoms with Gasteiger partial charge in [0.05, 0.1) is 23.3 Å². The smallest absolute Gasteiger partial charge is 0.400 e. The summed E-state index contributed by atoms with van der Waals surface area (Å²) >= 11 is 0. The zero-order valence-electron chi connectivity index (χ0n) is 21.8. The standard InChI is InChI=1S/C32H22N8.Zn/c1-2-10-18-17(9-1)25-33-26(18)38-28-21-13-5-6-14-22(21)30(35-28)40-32-24-16-8-7-15-23(24)31(36-32)39-29-20-12-4-3-11-19(20)27(34-29)37-25;/h1-16,33,36-40H;/q-2;+2. The van der Waals surface area contributed by atoms with Crippen molar-refractivity contribution in [2.45, 2.75) is 0 Å². The molecule has 0 radical (unpaired) electrons. The maximum absolute atomic E-state index is 5.04. The molecule has 5 heterocycles. The second-order valence-corrected chi connectivity index (χ2v) is 10.1. The number of nitrogens with one attached hydrogen (secondary N) is 6. The Labute approximate surface area is 246 Å². The molecule has 9 rings (SSSR count). The van der Waals surface area contributed by atoms with E-state index in [9.17, 15) is 0 Å². The molecule has 8 aromatic rings. The number of aromatic amines is 2. The van der Waals surface area contributed by atoms with Gasteiger partial charge in [0.1, 0.15) is 0 Å². The summed E-state index contributed by atoms with van der Waals surface area (Å²) in [5.74, 6) is 6.55. The van der Waals surface area contributed by atoms with Gasteiger partial charge in [0.2, 0.25) is 0 Å². The Kier molecular flexibility index (Phi) is 5.17. The molecular formula is C32H22N8Zn. The van der Waals surface area contributed by atoms with Crippen LogP contribution < -0.4 is 31.2 Å². The maximum atomic E-state index is 5.04. The molecule has 0 spiro atoms. The van der Waals surface area contributed by atoms with Crippen molar-refractivity contribution in [2.75, 3.05) is 21.3 Å². The second kappa shape index (κ2) is 8.94. The average Bonchev–Trinajstić information content (AvgIpc) is 3.73. The van der Waals surface area contributed by atoms with E-state index in [1.165, 1.54) is 0 Å². The molecule has 6 N–H and O–H groups in total. The molecule has 0 unspecified atom stereocenters. The van der Waals surface area contributed by atoms with Gasteiger partial charge in [0, 0.05) is 44.8 Å². The Morgan fingerprint density at radius 2 is 0.537 bits per heavy atom. The summed E-state index contributed by atoms with van der Waals surface area (Å²) in [4.78, 5) is 17.2. The summed E-state index contributed by atoms with van der Waals surface area (Å²) in [6.07, 6.45) is 0. The number of H-pyrrole nitrogens is 2. The molecule has 0 saturated carbocycles. The van der Waals surface area contributed by atoms with Crippen LogP contribution in [0.5, 0.6) is 0 Å². The van der Waals surface area contributed by atoms with Gasteiger partial charge in [0.25, 0.3) is 0 Å². The van der Waals surface area contributed by atoms with Crippen molar-refractivity contribution in [1.29, 1.82) is 0 Å². The SMILES string of the molecule is [Zn+2].c1ccc2c3[n-]c(c2c1)Nc1[nH]c(c2ccccc12)Nc1[n-]c(c2ccccc12)Nc1[nH]c(c2ccccc12)N3. The Hall–Kier alpha value is -5.14. The minimum Gasteiger partial charge on any atom is -0.400 e. The van der Waals surface area contributed by atoms with Crippen LogP contribution in [0.15, 0.2) is 97.1 Å². The molecule has 1 aliphatic rings. The number of hydrogen-bond donors (Lipinski definition) is 6. The number of benzene rings is 4. The van der Waals surface area contributed by atoms with E-state index in [1.807, 2.05) is 48.5 Å². The van der Waals surface area contributed by atoms with Crippen molar-refractivity contribution in [3.63, 3.8) is 0 Å². The molecule has 8 bridgehead atoms.